The zero-order chi connectivity index (χ0) is 12.8. The van der Waals surface area contributed by atoms with E-state index in [0.717, 1.165) is 18.2 Å². The zero-order valence-corrected chi connectivity index (χ0v) is 9.21. The zero-order valence-electron chi connectivity index (χ0n) is 9.21. The van der Waals surface area contributed by atoms with Gasteiger partial charge in [0.1, 0.15) is 0 Å². The average Bonchev–Trinajstić information content (AvgIpc) is 2.28. The number of carboxylic acid groups (broad SMARTS) is 1. The Kier molecular flexibility index (Phi) is 4.21. The molecule has 0 aliphatic heterocycles. The number of nitro groups is 1. The second-order valence-electron chi connectivity index (χ2n) is 3.28. The highest BCUT2D eigenvalue weighted by Gasteiger charge is 2.09. The number of nitrogens with one attached hydrogen (secondary N) is 1. The van der Waals surface area contributed by atoms with Gasteiger partial charge in [0, 0.05) is 0 Å². The molecular weight excluding hydrogens is 224 g/mol. The van der Waals surface area contributed by atoms with Crippen molar-refractivity contribution in [2.24, 2.45) is 0 Å². The standard InChI is InChI=1S/C11H12N2O4/c1-2-8-3-4-10(9(7-8)11(14)15)12-5-6-13(16)17/h3-7,12H,2H2,1H3,(H,14,15). The number of rotatable bonds is 5. The van der Waals surface area contributed by atoms with Gasteiger partial charge in [-0.3, -0.25) is 10.1 Å². The van der Waals surface area contributed by atoms with Gasteiger partial charge in [-0.1, -0.05) is 13.0 Å². The Morgan fingerprint density at radius 1 is 1.59 bits per heavy atom. The average molecular weight is 236 g/mol. The van der Waals surface area contributed by atoms with Gasteiger partial charge in [-0.25, -0.2) is 4.79 Å². The summed E-state index contributed by atoms with van der Waals surface area (Å²) in [5, 5.41) is 21.6. The van der Waals surface area contributed by atoms with Crippen LogP contribution in [-0.2, 0) is 6.42 Å². The second-order valence-corrected chi connectivity index (χ2v) is 3.28. The molecule has 0 spiro atoms. The van der Waals surface area contributed by atoms with Crippen LogP contribution in [0.5, 0.6) is 0 Å². The van der Waals surface area contributed by atoms with Crippen LogP contribution < -0.4 is 5.32 Å². The Morgan fingerprint density at radius 3 is 2.82 bits per heavy atom. The molecule has 0 aliphatic carbocycles. The largest absolute Gasteiger partial charge is 0.478 e. The molecule has 0 aromatic heterocycles. The lowest BCUT2D eigenvalue weighted by molar-refractivity contribution is -0.402. The maximum Gasteiger partial charge on any atom is 0.337 e. The van der Waals surface area contributed by atoms with E-state index in [0.29, 0.717) is 11.9 Å². The Morgan fingerprint density at radius 2 is 2.29 bits per heavy atom. The molecule has 0 saturated carbocycles. The van der Waals surface area contributed by atoms with Crippen LogP contribution in [0, 0.1) is 10.1 Å². The number of hydrogen-bond donors (Lipinski definition) is 2. The first-order valence-electron chi connectivity index (χ1n) is 4.97. The van der Waals surface area contributed by atoms with Crippen LogP contribution in [0.3, 0.4) is 0 Å². The summed E-state index contributed by atoms with van der Waals surface area (Å²) in [6.45, 7) is 1.92. The van der Waals surface area contributed by atoms with Gasteiger partial charge in [-0.2, -0.15) is 0 Å². The Hall–Kier alpha value is -2.37. The van der Waals surface area contributed by atoms with Gasteiger partial charge in [0.05, 0.1) is 22.4 Å². The summed E-state index contributed by atoms with van der Waals surface area (Å²) >= 11 is 0. The number of carbonyl (C=O) groups is 1. The van der Waals surface area contributed by atoms with E-state index in [-0.39, 0.29) is 5.56 Å². The lowest BCUT2D eigenvalue weighted by atomic mass is 10.1. The van der Waals surface area contributed by atoms with Crippen LogP contribution in [0.2, 0.25) is 0 Å². The second kappa shape index (κ2) is 5.64. The van der Waals surface area contributed by atoms with Gasteiger partial charge in [0.25, 0.3) is 0 Å². The van der Waals surface area contributed by atoms with Crippen molar-refractivity contribution in [2.45, 2.75) is 13.3 Å². The number of hydrogen-bond acceptors (Lipinski definition) is 4. The first kappa shape index (κ1) is 12.7. The molecule has 0 bridgehead atoms. The summed E-state index contributed by atoms with van der Waals surface area (Å²) in [4.78, 5) is 20.4. The summed E-state index contributed by atoms with van der Waals surface area (Å²) in [5.74, 6) is -1.07. The SMILES string of the molecule is CCc1ccc(NC=C[N+](=O)[O-])c(C(=O)O)c1. The molecule has 0 unspecified atom stereocenters. The topological polar surface area (TPSA) is 92.5 Å². The number of aryl methyl sites for hydroxylation is 1. The van der Waals surface area contributed by atoms with Crippen LogP contribution in [0.25, 0.3) is 0 Å². The number of aromatic carboxylic acids is 1. The van der Waals surface area contributed by atoms with E-state index < -0.39 is 10.9 Å². The molecule has 0 heterocycles. The van der Waals surface area contributed by atoms with Gasteiger partial charge >= 0.3 is 5.97 Å². The molecule has 1 aromatic carbocycles. The highest BCUT2D eigenvalue weighted by Crippen LogP contribution is 2.18. The molecule has 0 fully saturated rings. The summed E-state index contributed by atoms with van der Waals surface area (Å²) < 4.78 is 0. The molecule has 0 saturated heterocycles. The molecule has 1 rings (SSSR count). The van der Waals surface area contributed by atoms with Crippen molar-refractivity contribution in [1.29, 1.82) is 0 Å². The minimum Gasteiger partial charge on any atom is -0.478 e. The molecular formula is C11H12N2O4. The first-order chi connectivity index (χ1) is 8.04. The van der Waals surface area contributed by atoms with Crippen molar-refractivity contribution in [3.05, 3.63) is 51.8 Å². The highest BCUT2D eigenvalue weighted by molar-refractivity contribution is 5.94. The van der Waals surface area contributed by atoms with Crippen molar-refractivity contribution in [2.75, 3.05) is 5.32 Å². The number of benzene rings is 1. The maximum absolute atomic E-state index is 11.0. The van der Waals surface area contributed by atoms with Gasteiger partial charge in [-0.15, -0.1) is 0 Å². The molecule has 17 heavy (non-hydrogen) atoms. The minimum absolute atomic E-state index is 0.0948. The fourth-order valence-corrected chi connectivity index (χ4v) is 1.30. The normalized spacial score (nSPS) is 10.4. The molecule has 6 nitrogen and oxygen atoms in total. The summed E-state index contributed by atoms with van der Waals surface area (Å²) in [7, 11) is 0. The Labute approximate surface area is 97.7 Å². The molecule has 1 aromatic rings. The van der Waals surface area contributed by atoms with Crippen molar-refractivity contribution in [3.8, 4) is 0 Å². The summed E-state index contributed by atoms with van der Waals surface area (Å²) in [5.41, 5.74) is 1.32. The van der Waals surface area contributed by atoms with Gasteiger partial charge in [0.2, 0.25) is 6.20 Å². The van der Waals surface area contributed by atoms with Crippen LogP contribution in [-0.4, -0.2) is 16.0 Å². The van der Waals surface area contributed by atoms with E-state index in [9.17, 15) is 14.9 Å². The van der Waals surface area contributed by atoms with E-state index in [2.05, 4.69) is 5.32 Å². The predicted octanol–water partition coefficient (Wildman–Crippen LogP) is 2.11. The van der Waals surface area contributed by atoms with Gasteiger partial charge < -0.3 is 10.4 Å². The van der Waals surface area contributed by atoms with Crippen LogP contribution in [0.4, 0.5) is 5.69 Å². The van der Waals surface area contributed by atoms with E-state index in [1.165, 1.54) is 0 Å². The third-order valence-corrected chi connectivity index (χ3v) is 2.16. The monoisotopic (exact) mass is 236 g/mol. The maximum atomic E-state index is 11.0. The molecule has 0 radical (unpaired) electrons. The quantitative estimate of drug-likeness (QED) is 0.603. The number of carboxylic acids is 1. The first-order valence-corrected chi connectivity index (χ1v) is 4.97. The lowest BCUT2D eigenvalue weighted by Gasteiger charge is -2.06. The van der Waals surface area contributed by atoms with E-state index in [1.807, 2.05) is 6.92 Å². The molecule has 2 N–H and O–H groups in total. The summed E-state index contributed by atoms with van der Waals surface area (Å²) in [6, 6.07) is 4.91. The number of anilines is 1. The van der Waals surface area contributed by atoms with Crippen LogP contribution in [0.15, 0.2) is 30.6 Å². The van der Waals surface area contributed by atoms with Crippen molar-refractivity contribution in [1.82, 2.24) is 0 Å². The van der Waals surface area contributed by atoms with Crippen molar-refractivity contribution in [3.63, 3.8) is 0 Å². The van der Waals surface area contributed by atoms with Gasteiger partial charge in [-0.05, 0) is 24.1 Å². The third-order valence-electron chi connectivity index (χ3n) is 2.16. The highest BCUT2D eigenvalue weighted by atomic mass is 16.6. The van der Waals surface area contributed by atoms with E-state index in [4.69, 9.17) is 5.11 Å². The van der Waals surface area contributed by atoms with Crippen molar-refractivity contribution < 1.29 is 14.8 Å². The van der Waals surface area contributed by atoms with Crippen molar-refractivity contribution >= 4 is 11.7 Å². The fraction of sp³-hybridized carbons (Fsp3) is 0.182. The van der Waals surface area contributed by atoms with Crippen LogP contribution in [0.1, 0.15) is 22.8 Å². The molecule has 90 valence electrons. The minimum atomic E-state index is -1.07. The van der Waals surface area contributed by atoms with Crippen LogP contribution >= 0.6 is 0 Å². The van der Waals surface area contributed by atoms with E-state index >= 15 is 0 Å². The smallest absolute Gasteiger partial charge is 0.337 e. The molecule has 0 amide bonds. The molecule has 6 heteroatoms. The number of nitrogens with zero attached hydrogens (tertiary/aromatic N) is 1. The fourth-order valence-electron chi connectivity index (χ4n) is 1.30. The molecule has 0 aliphatic rings. The summed E-state index contributed by atoms with van der Waals surface area (Å²) in [6.07, 6.45) is 2.53. The van der Waals surface area contributed by atoms with E-state index in [1.54, 1.807) is 18.2 Å². The molecule has 0 atom stereocenters. The Balaban J connectivity index is 2.98. The predicted molar refractivity (Wildman–Crippen MR) is 62.5 cm³/mol. The van der Waals surface area contributed by atoms with Gasteiger partial charge in [0.15, 0.2) is 0 Å². The Bertz CT molecular complexity index is 469. The third kappa shape index (κ3) is 3.60. The lowest BCUT2D eigenvalue weighted by Crippen LogP contribution is -2.03.